The van der Waals surface area contributed by atoms with Crippen LogP contribution in [0.1, 0.15) is 72.1 Å². The van der Waals surface area contributed by atoms with Crippen LogP contribution >= 0.6 is 0 Å². The maximum Gasteiger partial charge on any atom is 0.501 e. The van der Waals surface area contributed by atoms with Gasteiger partial charge in [0.1, 0.15) is 0 Å². The summed E-state index contributed by atoms with van der Waals surface area (Å²) < 4.78 is 65.1. The Hall–Kier alpha value is -1.14. The minimum atomic E-state index is -5.91. The maximum absolute atomic E-state index is 12.8. The molecule has 0 fully saturated rings. The van der Waals surface area contributed by atoms with E-state index in [9.17, 15) is 26.7 Å². The lowest BCUT2D eigenvalue weighted by atomic mass is 10.0. The summed E-state index contributed by atoms with van der Waals surface area (Å²) in [4.78, 5) is 11.6. The second kappa shape index (κ2) is 9.88. The lowest BCUT2D eigenvalue weighted by Crippen LogP contribution is -2.41. The summed E-state index contributed by atoms with van der Waals surface area (Å²) in [5, 5.41) is 0. The topological polar surface area (TPSA) is 26.3 Å². The fraction of sp³-hybridized carbons (Fsp3) is 0.812. The molecule has 0 aliphatic rings. The van der Waals surface area contributed by atoms with E-state index >= 15 is 0 Å². The second-order valence-corrected chi connectivity index (χ2v) is 5.53. The average Bonchev–Trinajstić information content (AvgIpc) is 2.41. The summed E-state index contributed by atoms with van der Waals surface area (Å²) in [6.07, 6.45) is -4.72. The van der Waals surface area contributed by atoms with Crippen LogP contribution in [0.25, 0.3) is 0 Å². The summed E-state index contributed by atoms with van der Waals surface area (Å²) in [6, 6.07) is 0. The summed E-state index contributed by atoms with van der Waals surface area (Å²) >= 11 is 0. The molecular weight excluding hydrogens is 319 g/mol. The Bertz CT molecular complexity index is 400. The maximum atomic E-state index is 12.8. The number of rotatable bonds is 10. The number of carbonyl (C=O) groups is 1. The quantitative estimate of drug-likeness (QED) is 0.205. The molecule has 0 radical (unpaired) electrons. The first kappa shape index (κ1) is 21.9. The minimum Gasteiger partial charge on any atom is -0.390 e. The predicted octanol–water partition coefficient (Wildman–Crippen LogP) is 6.16. The molecular formula is C16H25F5O2. The van der Waals surface area contributed by atoms with Gasteiger partial charge in [0.15, 0.2) is 0 Å². The molecule has 0 aliphatic heterocycles. The van der Waals surface area contributed by atoms with E-state index in [1.165, 1.54) is 6.92 Å². The van der Waals surface area contributed by atoms with E-state index < -0.39 is 18.3 Å². The van der Waals surface area contributed by atoms with Crippen molar-refractivity contribution in [3.8, 4) is 0 Å². The van der Waals surface area contributed by atoms with Gasteiger partial charge in [-0.15, -0.1) is 0 Å². The molecule has 0 saturated carbocycles. The predicted molar refractivity (Wildman–Crippen MR) is 78.1 cm³/mol. The van der Waals surface area contributed by atoms with E-state index in [1.807, 2.05) is 0 Å². The SMILES string of the molecule is CCCCCCCCC(C)=C(CC)C(=O)OC(F)(F)C(F)(F)F. The number of ether oxygens (including phenoxy) is 1. The van der Waals surface area contributed by atoms with Gasteiger partial charge in [0.25, 0.3) is 0 Å². The van der Waals surface area contributed by atoms with E-state index in [0.717, 1.165) is 38.5 Å². The van der Waals surface area contributed by atoms with E-state index in [2.05, 4.69) is 11.7 Å². The van der Waals surface area contributed by atoms with Crippen LogP contribution in [0.15, 0.2) is 11.1 Å². The summed E-state index contributed by atoms with van der Waals surface area (Å²) in [7, 11) is 0. The monoisotopic (exact) mass is 344 g/mol. The molecule has 0 aromatic heterocycles. The van der Waals surface area contributed by atoms with Gasteiger partial charge in [0.05, 0.1) is 0 Å². The highest BCUT2D eigenvalue weighted by molar-refractivity contribution is 5.89. The molecule has 2 nitrogen and oxygen atoms in total. The molecule has 0 spiro atoms. The molecule has 0 N–H and O–H groups in total. The number of carbonyl (C=O) groups excluding carboxylic acids is 1. The van der Waals surface area contributed by atoms with Crippen molar-refractivity contribution >= 4 is 5.97 Å². The zero-order valence-corrected chi connectivity index (χ0v) is 13.9. The number of unbranched alkanes of at least 4 members (excludes halogenated alkanes) is 5. The van der Waals surface area contributed by atoms with Crippen LogP contribution in [0, 0.1) is 0 Å². The fourth-order valence-corrected chi connectivity index (χ4v) is 2.18. The van der Waals surface area contributed by atoms with E-state index in [1.54, 1.807) is 6.92 Å². The molecule has 0 aliphatic carbocycles. The van der Waals surface area contributed by atoms with Crippen molar-refractivity contribution in [2.75, 3.05) is 0 Å². The third-order valence-electron chi connectivity index (χ3n) is 3.57. The molecule has 0 rings (SSSR count). The normalized spacial score (nSPS) is 13.7. The van der Waals surface area contributed by atoms with Gasteiger partial charge >= 0.3 is 18.3 Å². The van der Waals surface area contributed by atoms with Gasteiger partial charge in [-0.2, -0.15) is 22.0 Å². The Morgan fingerprint density at radius 2 is 1.43 bits per heavy atom. The summed E-state index contributed by atoms with van der Waals surface area (Å²) in [5.41, 5.74) is 0.397. The number of allylic oxidation sites excluding steroid dienone is 1. The van der Waals surface area contributed by atoms with Crippen molar-refractivity contribution in [1.82, 2.24) is 0 Å². The molecule has 136 valence electrons. The van der Waals surface area contributed by atoms with Crippen molar-refractivity contribution in [1.29, 1.82) is 0 Å². The largest absolute Gasteiger partial charge is 0.501 e. The standard InChI is InChI=1S/C16H25F5O2/c1-4-6-7-8-9-10-11-12(3)13(5-2)14(22)23-16(20,21)15(17,18)19/h4-11H2,1-3H3. The number of hydrogen-bond donors (Lipinski definition) is 0. The van der Waals surface area contributed by atoms with Crippen molar-refractivity contribution in [2.24, 2.45) is 0 Å². The summed E-state index contributed by atoms with van der Waals surface area (Å²) in [5.74, 6) is -1.60. The molecule has 0 saturated heterocycles. The van der Waals surface area contributed by atoms with Gasteiger partial charge in [-0.05, 0) is 26.2 Å². The van der Waals surface area contributed by atoms with Gasteiger partial charge in [-0.25, -0.2) is 4.79 Å². The minimum absolute atomic E-state index is 0.0500. The molecule has 23 heavy (non-hydrogen) atoms. The first-order chi connectivity index (χ1) is 10.6. The molecule has 0 aromatic rings. The van der Waals surface area contributed by atoms with Crippen molar-refractivity contribution < 1.29 is 31.5 Å². The van der Waals surface area contributed by atoms with Crippen molar-refractivity contribution in [3.05, 3.63) is 11.1 Å². The summed E-state index contributed by atoms with van der Waals surface area (Å²) in [6.45, 7) is 5.19. The van der Waals surface area contributed by atoms with Gasteiger partial charge in [0, 0.05) is 5.57 Å². The first-order valence-electron chi connectivity index (χ1n) is 7.93. The van der Waals surface area contributed by atoms with Crippen LogP contribution in [-0.4, -0.2) is 18.3 Å². The highest BCUT2D eigenvalue weighted by atomic mass is 19.4. The van der Waals surface area contributed by atoms with E-state index in [4.69, 9.17) is 0 Å². The van der Waals surface area contributed by atoms with Gasteiger partial charge < -0.3 is 4.74 Å². The Kier molecular flexibility index (Phi) is 9.39. The van der Waals surface area contributed by atoms with Crippen LogP contribution in [0.4, 0.5) is 22.0 Å². The highest BCUT2D eigenvalue weighted by Gasteiger charge is 2.62. The first-order valence-corrected chi connectivity index (χ1v) is 7.93. The smallest absolute Gasteiger partial charge is 0.390 e. The number of alkyl halides is 5. The molecule has 0 atom stereocenters. The molecule has 0 heterocycles. The third kappa shape index (κ3) is 7.79. The van der Waals surface area contributed by atoms with Crippen LogP contribution in [-0.2, 0) is 9.53 Å². The van der Waals surface area contributed by atoms with Crippen LogP contribution < -0.4 is 0 Å². The second-order valence-electron chi connectivity index (χ2n) is 5.53. The fourth-order valence-electron chi connectivity index (χ4n) is 2.18. The third-order valence-corrected chi connectivity index (χ3v) is 3.57. The lowest BCUT2D eigenvalue weighted by molar-refractivity contribution is -0.375. The molecule has 0 aromatic carbocycles. The van der Waals surface area contributed by atoms with E-state index in [0.29, 0.717) is 12.0 Å². The number of hydrogen-bond acceptors (Lipinski definition) is 2. The van der Waals surface area contributed by atoms with Gasteiger partial charge in [-0.3, -0.25) is 0 Å². The average molecular weight is 344 g/mol. The Morgan fingerprint density at radius 1 is 0.913 bits per heavy atom. The molecule has 7 heteroatoms. The molecule has 0 bridgehead atoms. The van der Waals surface area contributed by atoms with Crippen LogP contribution in [0.2, 0.25) is 0 Å². The van der Waals surface area contributed by atoms with Gasteiger partial charge in [-0.1, -0.05) is 51.5 Å². The lowest BCUT2D eigenvalue weighted by Gasteiger charge is -2.20. The number of halogens is 5. The Labute approximate surface area is 134 Å². The zero-order valence-electron chi connectivity index (χ0n) is 13.9. The molecule has 0 amide bonds. The molecule has 0 unspecified atom stereocenters. The van der Waals surface area contributed by atoms with Crippen molar-refractivity contribution in [3.63, 3.8) is 0 Å². The number of esters is 1. The van der Waals surface area contributed by atoms with E-state index in [-0.39, 0.29) is 12.0 Å². The highest BCUT2D eigenvalue weighted by Crippen LogP contribution is 2.37. The Morgan fingerprint density at radius 3 is 1.91 bits per heavy atom. The Balaban J connectivity index is 4.62. The van der Waals surface area contributed by atoms with Crippen molar-refractivity contribution in [2.45, 2.75) is 84.4 Å². The van der Waals surface area contributed by atoms with Gasteiger partial charge in [0.2, 0.25) is 0 Å². The zero-order chi connectivity index (χ0) is 18.1. The van der Waals surface area contributed by atoms with Crippen LogP contribution in [0.5, 0.6) is 0 Å². The van der Waals surface area contributed by atoms with Crippen LogP contribution in [0.3, 0.4) is 0 Å².